The number of rotatable bonds is 48. The summed E-state index contributed by atoms with van der Waals surface area (Å²) in [5.41, 5.74) is 24.9. The Labute approximate surface area is 888 Å². The number of fused-ring (bicyclic) bond motifs is 8. The number of aromatic amines is 8. The normalized spacial score (nSPS) is 11.3. The number of ether oxygens (including phenoxy) is 8. The predicted octanol–water partition coefficient (Wildman–Crippen LogP) is 25.1. The van der Waals surface area contributed by atoms with E-state index in [1.54, 1.807) is 55.8 Å². The van der Waals surface area contributed by atoms with Gasteiger partial charge in [-0.05, 0) is 315 Å². The van der Waals surface area contributed by atoms with Crippen LogP contribution in [0.4, 0.5) is 0 Å². The summed E-state index contributed by atoms with van der Waals surface area (Å²) in [6.45, 7) is 58.2. The zero-order chi connectivity index (χ0) is 108. The van der Waals surface area contributed by atoms with Gasteiger partial charge >= 0.3 is 5.97 Å². The van der Waals surface area contributed by atoms with Crippen LogP contribution in [-0.4, -0.2) is 273 Å². The van der Waals surface area contributed by atoms with E-state index in [4.69, 9.17) is 43.6 Å². The lowest BCUT2D eigenvalue weighted by Crippen LogP contribution is -2.38. The van der Waals surface area contributed by atoms with Gasteiger partial charge < -0.3 is 108 Å². The molecule has 16 rings (SSSR count). The third-order valence-electron chi connectivity index (χ3n) is 27.6. The van der Waals surface area contributed by atoms with Crippen molar-refractivity contribution in [1.82, 2.24) is 74.2 Å². The van der Waals surface area contributed by atoms with E-state index in [-0.39, 0.29) is 5.97 Å². The molecule has 8 aromatic heterocycles. The van der Waals surface area contributed by atoms with Crippen molar-refractivity contribution in [2.45, 2.75) is 185 Å². The topological polar surface area (TPSA) is 266 Å². The number of hydrogen-bond donors (Lipinski definition) is 9. The number of nitrogens with zero attached hydrogens (tertiary/aromatic N) is 7. The number of H-pyrrole nitrogens is 8. The Morgan fingerprint density at radius 3 is 0.805 bits per heavy atom. The summed E-state index contributed by atoms with van der Waals surface area (Å²) in [5, 5.41) is 9.47. The number of aromatic nitrogens is 8. The van der Waals surface area contributed by atoms with Gasteiger partial charge in [-0.1, -0.05) is 101 Å². The molecule has 0 aliphatic rings. The summed E-state index contributed by atoms with van der Waals surface area (Å²) in [7, 11) is 16.4. The Morgan fingerprint density at radius 2 is 0.557 bits per heavy atom. The SMILES string of the molecule is C=CCN(C)CCc1c[nH]c2cccc(OC)c12.C=CCN(CC=C)CCc1c[nH]c2cccc(OC)c12.CC(=O)Oc1cccc2[nH]cc(CCN)c12.CCCN(CCC)CCc1c[nH]c2cccc(OC)c12.CCN(CC)CCc1c[nH]c2cccc(OC)c12.CCN(CCc1c[nH]c2cccc(OC)c12)C(C)C.COc1cccc2[nH]cc(CCN(C(C)C)C(C)C)c12.COc1cccc2[nH]cc(CCN(C)C(C)C)c12. The minimum atomic E-state index is -0.313. The maximum absolute atomic E-state index is 11.0. The largest absolute Gasteiger partial charge is 0.496 e. The molecular formula is C124H176N16O9. The summed E-state index contributed by atoms with van der Waals surface area (Å²) >= 11 is 0. The molecule has 0 amide bonds. The van der Waals surface area contributed by atoms with Crippen molar-refractivity contribution in [2.75, 3.05) is 169 Å². The van der Waals surface area contributed by atoms with Crippen LogP contribution in [-0.2, 0) is 56.2 Å². The molecule has 10 N–H and O–H groups in total. The quantitative estimate of drug-likeness (QED) is 0.00975. The van der Waals surface area contributed by atoms with Crippen LogP contribution >= 0.6 is 0 Å². The number of likely N-dealkylation sites (N-methyl/N-ethyl adjacent to an activating group) is 4. The molecule has 0 saturated heterocycles. The number of esters is 1. The minimum Gasteiger partial charge on any atom is -0.496 e. The summed E-state index contributed by atoms with van der Waals surface area (Å²) in [4.78, 5) is 54.3. The third-order valence-corrected chi connectivity index (χ3v) is 27.6. The van der Waals surface area contributed by atoms with Gasteiger partial charge in [-0.15, -0.1) is 19.7 Å². The van der Waals surface area contributed by atoms with Gasteiger partial charge in [0.2, 0.25) is 0 Å². The number of nitrogens with one attached hydrogen (secondary N) is 8. The van der Waals surface area contributed by atoms with E-state index in [2.05, 4.69) is 284 Å². The molecule has 8 aromatic carbocycles. The van der Waals surface area contributed by atoms with Gasteiger partial charge in [0.1, 0.15) is 46.0 Å². The second-order valence-electron chi connectivity index (χ2n) is 38.7. The zero-order valence-electron chi connectivity index (χ0n) is 93.9. The third kappa shape index (κ3) is 34.3. The van der Waals surface area contributed by atoms with Crippen LogP contribution in [0, 0.1) is 0 Å². The van der Waals surface area contributed by atoms with Gasteiger partial charge in [-0.3, -0.25) is 14.6 Å². The maximum atomic E-state index is 11.0. The molecule has 25 heteroatoms. The number of carbonyl (C=O) groups excluding carboxylic acids is 1. The smallest absolute Gasteiger partial charge is 0.308 e. The van der Waals surface area contributed by atoms with Crippen LogP contribution in [0.25, 0.3) is 87.2 Å². The second kappa shape index (κ2) is 63.1. The van der Waals surface area contributed by atoms with Gasteiger partial charge in [0.05, 0.1) is 49.8 Å². The van der Waals surface area contributed by atoms with Crippen LogP contribution in [0.5, 0.6) is 46.0 Å². The second-order valence-corrected chi connectivity index (χ2v) is 38.7. The highest BCUT2D eigenvalue weighted by molar-refractivity contribution is 5.95. The molecule has 25 nitrogen and oxygen atoms in total. The van der Waals surface area contributed by atoms with Crippen LogP contribution in [0.3, 0.4) is 0 Å². The summed E-state index contributed by atoms with van der Waals surface area (Å²) in [6, 6.07) is 50.8. The van der Waals surface area contributed by atoms with Crippen LogP contribution in [0.1, 0.15) is 154 Å². The lowest BCUT2D eigenvalue weighted by Gasteiger charge is -2.30. The summed E-state index contributed by atoms with van der Waals surface area (Å²) < 4.78 is 43.4. The van der Waals surface area contributed by atoms with Crippen molar-refractivity contribution in [3.05, 3.63) is 278 Å². The van der Waals surface area contributed by atoms with Gasteiger partial charge in [0.25, 0.3) is 0 Å². The molecular weight excluding hydrogens is 1860 g/mol. The molecule has 16 aromatic rings. The lowest BCUT2D eigenvalue weighted by molar-refractivity contribution is -0.131. The fourth-order valence-corrected chi connectivity index (χ4v) is 19.5. The summed E-state index contributed by atoms with van der Waals surface area (Å²) in [6.07, 6.45) is 32.8. The van der Waals surface area contributed by atoms with E-state index in [1.165, 1.54) is 110 Å². The van der Waals surface area contributed by atoms with E-state index in [1.807, 2.05) is 121 Å². The molecule has 0 bridgehead atoms. The Kier molecular flexibility index (Phi) is 50.7. The maximum Gasteiger partial charge on any atom is 0.308 e. The number of hydrogen-bond acceptors (Lipinski definition) is 17. The van der Waals surface area contributed by atoms with Gasteiger partial charge in [0.15, 0.2) is 0 Å². The standard InChI is InChI=1S/2C17H26N2O.C17H22N2O.C16H24N2O.C15H22N2O.C15H20N2O.C15H22N2O.C12H14N2O2/c1-12(2)19(13(3)4)10-9-14-11-18-15-7-6-8-16(20-5)17(14)15;2*1-4-10-19(11-5-2)12-9-14-13-18-15-7-6-8-16(20-3)17(14)15;1-5-18(12(2)3)10-9-13-11-17-14-7-6-8-15(19-4)16(13)14;1-11(2)17(3)9-8-12-10-16-13-6-5-7-14(18-4)15(12)13;1-4-9-17(2)10-8-12-11-16-13-6-5-7-14(18-3)15(12)13;1-4-17(5-2)10-9-12-11-16-13-7-6-8-14(18-3)15(12)13;1-8(15)16-11-4-2-3-10-12(11)9(5-6-13)7-14-10/h6-8,11-13,18H,9-10H2,1-5H3;6-8,13,18H,4-5,9-12H2,1-3H3;4-8,13,18H,1-2,9-12H2,3H3;6-8,11-12,17H,5,9-10H2,1-4H3;5-7,10-11,16H,8-9H2,1-4H3;4-7,11,16H,1,8-10H2,2-3H3;6-8,11,16H,4-5,9-10H2,1-3H3;2-4,7,14H,5-6,13H2,1H3. The first kappa shape index (κ1) is 120. The van der Waals surface area contributed by atoms with Crippen LogP contribution < -0.4 is 43.6 Å². The van der Waals surface area contributed by atoms with E-state index in [9.17, 15) is 4.79 Å². The highest BCUT2D eigenvalue weighted by Crippen LogP contribution is 2.37. The average molecular weight is 2030 g/mol. The fraction of sp³-hybridized carbons (Fsp3) is 0.427. The van der Waals surface area contributed by atoms with E-state index in [0.29, 0.717) is 36.5 Å². The molecule has 0 radical (unpaired) electrons. The molecule has 0 spiro atoms. The molecule has 0 aliphatic heterocycles. The van der Waals surface area contributed by atoms with Crippen LogP contribution in [0.15, 0.2) is 233 Å². The van der Waals surface area contributed by atoms with E-state index in [0.717, 1.165) is 232 Å². The Hall–Kier alpha value is -13.0. The van der Waals surface area contributed by atoms with E-state index < -0.39 is 0 Å². The van der Waals surface area contributed by atoms with E-state index >= 15 is 0 Å². The molecule has 8 heterocycles. The zero-order valence-corrected chi connectivity index (χ0v) is 93.9. The van der Waals surface area contributed by atoms with Crippen molar-refractivity contribution in [3.63, 3.8) is 0 Å². The number of carbonyl (C=O) groups is 1. The Bertz CT molecular complexity index is 6530. The molecule has 0 fully saturated rings. The molecule has 0 saturated carbocycles. The van der Waals surface area contributed by atoms with Crippen LogP contribution in [0.2, 0.25) is 0 Å². The molecule has 0 unspecified atom stereocenters. The van der Waals surface area contributed by atoms with Crippen molar-refractivity contribution in [3.8, 4) is 46.0 Å². The number of benzene rings is 8. The predicted molar refractivity (Wildman–Crippen MR) is 629 cm³/mol. The van der Waals surface area contributed by atoms with Crippen molar-refractivity contribution in [1.29, 1.82) is 0 Å². The van der Waals surface area contributed by atoms with Crippen molar-refractivity contribution >= 4 is 93.2 Å². The first-order valence-corrected chi connectivity index (χ1v) is 53.5. The molecule has 806 valence electrons. The highest BCUT2D eigenvalue weighted by Gasteiger charge is 2.22. The number of methoxy groups -OCH3 is 7. The first-order chi connectivity index (χ1) is 72.2. The Balaban J connectivity index is 0.000000189. The molecule has 0 atom stereocenters. The summed E-state index contributed by atoms with van der Waals surface area (Å²) in [5.74, 6) is 6.95. The monoisotopic (exact) mass is 2030 g/mol. The Morgan fingerprint density at radius 1 is 0.302 bits per heavy atom. The van der Waals surface area contributed by atoms with Gasteiger partial charge in [-0.2, -0.15) is 0 Å². The fourth-order valence-electron chi connectivity index (χ4n) is 19.5. The van der Waals surface area contributed by atoms with Crippen molar-refractivity contribution in [2.24, 2.45) is 5.73 Å². The minimum absolute atomic E-state index is 0.313. The van der Waals surface area contributed by atoms with Crippen molar-refractivity contribution < 1.29 is 42.7 Å². The molecule has 149 heavy (non-hydrogen) atoms. The lowest BCUT2D eigenvalue weighted by atomic mass is 10.1. The van der Waals surface area contributed by atoms with Gasteiger partial charge in [0, 0.05) is 233 Å². The van der Waals surface area contributed by atoms with Gasteiger partial charge in [-0.25, -0.2) is 0 Å². The average Bonchev–Trinajstić information content (AvgIpc) is 1.69. The number of nitrogens with two attached hydrogens (primary N) is 1. The highest BCUT2D eigenvalue weighted by atomic mass is 16.5. The first-order valence-electron chi connectivity index (χ1n) is 53.5. The molecule has 0 aliphatic carbocycles.